The Kier molecular flexibility index (Phi) is 4.06. The van der Waals surface area contributed by atoms with Crippen molar-refractivity contribution in [2.45, 2.75) is 13.8 Å². The number of carbonyl (C=O) groups is 1. The summed E-state index contributed by atoms with van der Waals surface area (Å²) >= 11 is 0. The van der Waals surface area contributed by atoms with Crippen LogP contribution in [-0.2, 0) is 4.74 Å². The molecule has 23 heavy (non-hydrogen) atoms. The van der Waals surface area contributed by atoms with E-state index >= 15 is 0 Å². The Labute approximate surface area is 135 Å². The van der Waals surface area contributed by atoms with Crippen molar-refractivity contribution >= 4 is 16.9 Å². The van der Waals surface area contributed by atoms with E-state index in [1.54, 1.807) is 14.0 Å². The van der Waals surface area contributed by atoms with Crippen molar-refractivity contribution < 1.29 is 14.3 Å². The second-order valence-electron chi connectivity index (χ2n) is 5.35. The van der Waals surface area contributed by atoms with Crippen molar-refractivity contribution in [3.63, 3.8) is 0 Å². The molecule has 0 saturated carbocycles. The number of methoxy groups -OCH3 is 1. The topological polar surface area (TPSA) is 40.5 Å². The van der Waals surface area contributed by atoms with Crippen molar-refractivity contribution in [2.75, 3.05) is 13.7 Å². The summed E-state index contributed by atoms with van der Waals surface area (Å²) in [6, 6.07) is 15.7. The minimum Gasteiger partial charge on any atom is -0.497 e. The van der Waals surface area contributed by atoms with Gasteiger partial charge in [-0.05, 0) is 44.2 Å². The van der Waals surface area contributed by atoms with E-state index in [4.69, 9.17) is 9.47 Å². The number of carbonyl (C=O) groups excluding carboxylic acids is 1. The smallest absolute Gasteiger partial charge is 0.355 e. The van der Waals surface area contributed by atoms with Crippen molar-refractivity contribution in [3.05, 3.63) is 59.8 Å². The second kappa shape index (κ2) is 6.16. The van der Waals surface area contributed by atoms with Gasteiger partial charge in [-0.1, -0.05) is 17.7 Å². The van der Waals surface area contributed by atoms with E-state index in [1.165, 1.54) is 5.56 Å². The van der Waals surface area contributed by atoms with Crippen molar-refractivity contribution in [2.24, 2.45) is 0 Å². The standard InChI is InChI=1S/C19H19NO3/c1-4-23-19(21)18-11-14-7-10-16(22-3)12-17(14)20(18)15-8-5-13(2)6-9-15/h5-12H,4H2,1-3H3. The van der Waals surface area contributed by atoms with E-state index in [1.807, 2.05) is 60.0 Å². The Morgan fingerprint density at radius 3 is 2.48 bits per heavy atom. The first kappa shape index (κ1) is 15.2. The van der Waals surface area contributed by atoms with Crippen LogP contribution in [0.3, 0.4) is 0 Å². The van der Waals surface area contributed by atoms with Gasteiger partial charge in [0, 0.05) is 17.1 Å². The summed E-state index contributed by atoms with van der Waals surface area (Å²) in [5.74, 6) is 0.419. The summed E-state index contributed by atoms with van der Waals surface area (Å²) in [4.78, 5) is 12.4. The largest absolute Gasteiger partial charge is 0.497 e. The maximum absolute atomic E-state index is 12.4. The molecule has 3 aromatic rings. The lowest BCUT2D eigenvalue weighted by Gasteiger charge is -2.11. The third kappa shape index (κ3) is 2.80. The Bertz CT molecular complexity index is 847. The van der Waals surface area contributed by atoms with Crippen LogP contribution in [0.4, 0.5) is 0 Å². The predicted octanol–water partition coefficient (Wildman–Crippen LogP) is 4.12. The van der Waals surface area contributed by atoms with Crippen LogP contribution in [0.1, 0.15) is 23.0 Å². The van der Waals surface area contributed by atoms with E-state index in [-0.39, 0.29) is 5.97 Å². The fourth-order valence-electron chi connectivity index (χ4n) is 2.64. The summed E-state index contributed by atoms with van der Waals surface area (Å²) in [5.41, 5.74) is 3.51. The average Bonchev–Trinajstić information content (AvgIpc) is 2.94. The number of nitrogens with zero attached hydrogens (tertiary/aromatic N) is 1. The zero-order valence-electron chi connectivity index (χ0n) is 13.5. The van der Waals surface area contributed by atoms with E-state index < -0.39 is 0 Å². The SMILES string of the molecule is CCOC(=O)c1cc2ccc(OC)cc2n1-c1ccc(C)cc1. The van der Waals surface area contributed by atoms with Gasteiger partial charge in [-0.2, -0.15) is 0 Å². The van der Waals surface area contributed by atoms with E-state index in [2.05, 4.69) is 0 Å². The Hall–Kier alpha value is -2.75. The van der Waals surface area contributed by atoms with Gasteiger partial charge in [0.05, 0.1) is 19.2 Å². The van der Waals surface area contributed by atoms with Gasteiger partial charge in [-0.25, -0.2) is 4.79 Å². The molecule has 1 aromatic heterocycles. The molecule has 3 rings (SSSR count). The number of aromatic nitrogens is 1. The van der Waals surface area contributed by atoms with Crippen LogP contribution in [0.25, 0.3) is 16.6 Å². The van der Waals surface area contributed by atoms with Crippen molar-refractivity contribution in [3.8, 4) is 11.4 Å². The van der Waals surface area contributed by atoms with Crippen LogP contribution >= 0.6 is 0 Å². The average molecular weight is 309 g/mol. The lowest BCUT2D eigenvalue weighted by molar-refractivity contribution is 0.0517. The fourth-order valence-corrected chi connectivity index (χ4v) is 2.64. The van der Waals surface area contributed by atoms with Gasteiger partial charge < -0.3 is 14.0 Å². The summed E-state index contributed by atoms with van der Waals surface area (Å²) in [6.45, 7) is 4.18. The first-order chi connectivity index (χ1) is 11.1. The quantitative estimate of drug-likeness (QED) is 0.681. The minimum atomic E-state index is -0.330. The van der Waals surface area contributed by atoms with Gasteiger partial charge in [-0.15, -0.1) is 0 Å². The molecular weight excluding hydrogens is 290 g/mol. The molecule has 0 aliphatic heterocycles. The molecule has 118 valence electrons. The van der Waals surface area contributed by atoms with Gasteiger partial charge in [0.15, 0.2) is 0 Å². The molecule has 0 spiro atoms. The number of rotatable bonds is 4. The molecule has 0 unspecified atom stereocenters. The molecule has 0 bridgehead atoms. The van der Waals surface area contributed by atoms with Crippen LogP contribution in [0.2, 0.25) is 0 Å². The lowest BCUT2D eigenvalue weighted by Crippen LogP contribution is -2.10. The van der Waals surface area contributed by atoms with Crippen LogP contribution in [0.15, 0.2) is 48.5 Å². The highest BCUT2D eigenvalue weighted by molar-refractivity contribution is 5.97. The maximum Gasteiger partial charge on any atom is 0.355 e. The summed E-state index contributed by atoms with van der Waals surface area (Å²) in [7, 11) is 1.63. The number of benzene rings is 2. The molecule has 1 heterocycles. The van der Waals surface area contributed by atoms with E-state index in [0.717, 1.165) is 22.3 Å². The normalized spacial score (nSPS) is 10.7. The highest BCUT2D eigenvalue weighted by Crippen LogP contribution is 2.28. The predicted molar refractivity (Wildman–Crippen MR) is 90.5 cm³/mol. The van der Waals surface area contributed by atoms with Crippen LogP contribution in [-0.4, -0.2) is 24.3 Å². The summed E-state index contributed by atoms with van der Waals surface area (Å²) in [5, 5.41) is 0.967. The lowest BCUT2D eigenvalue weighted by atomic mass is 10.2. The highest BCUT2D eigenvalue weighted by atomic mass is 16.5. The summed E-state index contributed by atoms with van der Waals surface area (Å²) < 4.78 is 12.4. The molecule has 0 amide bonds. The van der Waals surface area contributed by atoms with Crippen molar-refractivity contribution in [1.82, 2.24) is 4.57 Å². The third-order valence-corrected chi connectivity index (χ3v) is 3.79. The van der Waals surface area contributed by atoms with Gasteiger partial charge >= 0.3 is 5.97 Å². The first-order valence-electron chi connectivity index (χ1n) is 7.57. The highest BCUT2D eigenvalue weighted by Gasteiger charge is 2.18. The molecule has 0 atom stereocenters. The van der Waals surface area contributed by atoms with Crippen LogP contribution in [0.5, 0.6) is 5.75 Å². The molecule has 0 fully saturated rings. The molecule has 2 aromatic carbocycles. The first-order valence-corrected chi connectivity index (χ1v) is 7.57. The Morgan fingerprint density at radius 2 is 1.83 bits per heavy atom. The molecule has 0 aliphatic carbocycles. The second-order valence-corrected chi connectivity index (χ2v) is 5.35. The maximum atomic E-state index is 12.4. The Morgan fingerprint density at radius 1 is 1.09 bits per heavy atom. The molecule has 4 nitrogen and oxygen atoms in total. The monoisotopic (exact) mass is 309 g/mol. The zero-order valence-corrected chi connectivity index (χ0v) is 13.5. The van der Waals surface area contributed by atoms with Gasteiger partial charge in [0.25, 0.3) is 0 Å². The van der Waals surface area contributed by atoms with E-state index in [9.17, 15) is 4.79 Å². The number of hydrogen-bond acceptors (Lipinski definition) is 3. The number of aryl methyl sites for hydroxylation is 1. The zero-order chi connectivity index (χ0) is 16.4. The van der Waals surface area contributed by atoms with Gasteiger partial charge in [0.2, 0.25) is 0 Å². The third-order valence-electron chi connectivity index (χ3n) is 3.79. The summed E-state index contributed by atoms with van der Waals surface area (Å²) in [6.07, 6.45) is 0. The molecule has 4 heteroatoms. The number of fused-ring (bicyclic) bond motifs is 1. The van der Waals surface area contributed by atoms with Gasteiger partial charge in [-0.3, -0.25) is 0 Å². The fraction of sp³-hybridized carbons (Fsp3) is 0.211. The number of ether oxygens (including phenoxy) is 2. The molecular formula is C19H19NO3. The Balaban J connectivity index is 2.27. The molecule has 0 aliphatic rings. The molecule has 0 N–H and O–H groups in total. The van der Waals surface area contributed by atoms with Crippen LogP contribution in [0, 0.1) is 6.92 Å². The molecule has 0 saturated heterocycles. The molecule has 0 radical (unpaired) electrons. The number of esters is 1. The van der Waals surface area contributed by atoms with Crippen LogP contribution < -0.4 is 4.74 Å². The van der Waals surface area contributed by atoms with Crippen molar-refractivity contribution in [1.29, 1.82) is 0 Å². The van der Waals surface area contributed by atoms with Gasteiger partial charge in [0.1, 0.15) is 11.4 Å². The minimum absolute atomic E-state index is 0.330. The number of hydrogen-bond donors (Lipinski definition) is 0. The van der Waals surface area contributed by atoms with E-state index in [0.29, 0.717) is 12.3 Å².